The molecule has 106 valence electrons. The number of aromatic nitrogens is 1. The van der Waals surface area contributed by atoms with Crippen molar-refractivity contribution < 1.29 is 0 Å². The van der Waals surface area contributed by atoms with Crippen molar-refractivity contribution >= 4 is 23.4 Å². The van der Waals surface area contributed by atoms with Gasteiger partial charge in [0, 0.05) is 16.8 Å². The first-order valence-electron chi connectivity index (χ1n) is 6.58. The van der Waals surface area contributed by atoms with Crippen molar-refractivity contribution in [2.24, 2.45) is 5.73 Å². The van der Waals surface area contributed by atoms with E-state index in [-0.39, 0.29) is 11.3 Å². The molecule has 2 rings (SSSR count). The van der Waals surface area contributed by atoms with Crippen molar-refractivity contribution in [3.05, 3.63) is 58.2 Å². The third-order valence-electron chi connectivity index (χ3n) is 2.98. The SMILES string of the molecule is Cc1cc(C)nc(SC(c2cccc(Cl)c2)C(C)N)c1. The second kappa shape index (κ2) is 6.61. The van der Waals surface area contributed by atoms with E-state index in [1.54, 1.807) is 11.8 Å². The van der Waals surface area contributed by atoms with Crippen LogP contribution in [0.2, 0.25) is 5.02 Å². The third-order valence-corrected chi connectivity index (χ3v) is 4.62. The smallest absolute Gasteiger partial charge is 0.0972 e. The molecule has 0 saturated heterocycles. The van der Waals surface area contributed by atoms with Gasteiger partial charge in [0.2, 0.25) is 0 Å². The summed E-state index contributed by atoms with van der Waals surface area (Å²) in [5.74, 6) is 0. The van der Waals surface area contributed by atoms with E-state index in [0.29, 0.717) is 0 Å². The number of aryl methyl sites for hydroxylation is 2. The molecule has 20 heavy (non-hydrogen) atoms. The molecule has 0 spiro atoms. The van der Waals surface area contributed by atoms with Gasteiger partial charge in [-0.1, -0.05) is 35.5 Å². The van der Waals surface area contributed by atoms with Crippen molar-refractivity contribution in [3.63, 3.8) is 0 Å². The molecule has 0 bridgehead atoms. The lowest BCUT2D eigenvalue weighted by Crippen LogP contribution is -2.22. The van der Waals surface area contributed by atoms with Crippen LogP contribution < -0.4 is 5.73 Å². The quantitative estimate of drug-likeness (QED) is 0.843. The Morgan fingerprint density at radius 1 is 1.20 bits per heavy atom. The van der Waals surface area contributed by atoms with Gasteiger partial charge in [0.1, 0.15) is 0 Å². The van der Waals surface area contributed by atoms with Gasteiger partial charge in [-0.15, -0.1) is 0 Å². The molecule has 0 aliphatic heterocycles. The molecule has 0 aliphatic rings. The molecule has 2 atom stereocenters. The van der Waals surface area contributed by atoms with E-state index >= 15 is 0 Å². The van der Waals surface area contributed by atoms with Gasteiger partial charge >= 0.3 is 0 Å². The fourth-order valence-electron chi connectivity index (χ4n) is 2.16. The lowest BCUT2D eigenvalue weighted by molar-refractivity contribution is 0.720. The molecule has 2 N–H and O–H groups in total. The summed E-state index contributed by atoms with van der Waals surface area (Å²) in [5.41, 5.74) is 9.54. The number of hydrogen-bond acceptors (Lipinski definition) is 3. The van der Waals surface area contributed by atoms with Crippen LogP contribution in [0.5, 0.6) is 0 Å². The molecular formula is C16H19ClN2S. The Hall–Kier alpha value is -1.03. The normalized spacial score (nSPS) is 14.1. The Bertz CT molecular complexity index is 579. The van der Waals surface area contributed by atoms with Crippen LogP contribution in [-0.4, -0.2) is 11.0 Å². The fraction of sp³-hybridized carbons (Fsp3) is 0.312. The van der Waals surface area contributed by atoms with Crippen LogP contribution in [0, 0.1) is 13.8 Å². The van der Waals surface area contributed by atoms with Crippen LogP contribution in [0.1, 0.15) is 29.0 Å². The minimum atomic E-state index is 0.0149. The van der Waals surface area contributed by atoms with Crippen LogP contribution in [0.25, 0.3) is 0 Å². The van der Waals surface area contributed by atoms with Gasteiger partial charge in [0.15, 0.2) is 0 Å². The predicted molar refractivity (Wildman–Crippen MR) is 87.4 cm³/mol. The average Bonchev–Trinajstić information content (AvgIpc) is 2.34. The fourth-order valence-corrected chi connectivity index (χ4v) is 3.56. The molecule has 4 heteroatoms. The van der Waals surface area contributed by atoms with Gasteiger partial charge in [-0.05, 0) is 56.2 Å². The summed E-state index contributed by atoms with van der Waals surface area (Å²) in [6, 6.07) is 12.1. The van der Waals surface area contributed by atoms with E-state index in [2.05, 4.69) is 30.1 Å². The van der Waals surface area contributed by atoms with Gasteiger partial charge in [0.25, 0.3) is 0 Å². The van der Waals surface area contributed by atoms with Crippen molar-refractivity contribution in [1.82, 2.24) is 4.98 Å². The zero-order chi connectivity index (χ0) is 14.7. The highest BCUT2D eigenvalue weighted by Gasteiger charge is 2.19. The Morgan fingerprint density at radius 2 is 1.95 bits per heavy atom. The number of nitrogens with zero attached hydrogens (tertiary/aromatic N) is 1. The highest BCUT2D eigenvalue weighted by Crippen LogP contribution is 2.37. The maximum absolute atomic E-state index is 6.15. The van der Waals surface area contributed by atoms with Crippen molar-refractivity contribution in [2.45, 2.75) is 37.1 Å². The molecule has 2 aromatic rings. The molecule has 2 nitrogen and oxygen atoms in total. The molecular weight excluding hydrogens is 288 g/mol. The summed E-state index contributed by atoms with van der Waals surface area (Å²) >= 11 is 7.77. The molecule has 0 amide bonds. The van der Waals surface area contributed by atoms with Gasteiger partial charge in [-0.25, -0.2) is 4.98 Å². The summed E-state index contributed by atoms with van der Waals surface area (Å²) in [7, 11) is 0. The van der Waals surface area contributed by atoms with E-state index in [0.717, 1.165) is 21.3 Å². The third kappa shape index (κ3) is 3.98. The van der Waals surface area contributed by atoms with E-state index in [1.165, 1.54) is 5.56 Å². The van der Waals surface area contributed by atoms with Crippen LogP contribution in [0.15, 0.2) is 41.4 Å². The first-order chi connectivity index (χ1) is 9.45. The highest BCUT2D eigenvalue weighted by molar-refractivity contribution is 7.99. The lowest BCUT2D eigenvalue weighted by Gasteiger charge is -2.21. The molecule has 0 saturated carbocycles. The number of pyridine rings is 1. The first kappa shape index (κ1) is 15.4. The number of halogens is 1. The van der Waals surface area contributed by atoms with Crippen LogP contribution in [0.3, 0.4) is 0 Å². The molecule has 2 unspecified atom stereocenters. The second-order valence-corrected chi connectivity index (χ2v) is 6.67. The summed E-state index contributed by atoms with van der Waals surface area (Å²) in [4.78, 5) is 4.58. The van der Waals surface area contributed by atoms with Gasteiger partial charge < -0.3 is 5.73 Å². The Labute approximate surface area is 129 Å². The van der Waals surface area contributed by atoms with Gasteiger partial charge in [-0.2, -0.15) is 0 Å². The van der Waals surface area contributed by atoms with Crippen molar-refractivity contribution in [1.29, 1.82) is 0 Å². The minimum absolute atomic E-state index is 0.0149. The molecule has 1 heterocycles. The van der Waals surface area contributed by atoms with Crippen LogP contribution >= 0.6 is 23.4 Å². The zero-order valence-electron chi connectivity index (χ0n) is 11.9. The van der Waals surface area contributed by atoms with Crippen LogP contribution in [-0.2, 0) is 0 Å². The number of thioether (sulfide) groups is 1. The summed E-state index contributed by atoms with van der Waals surface area (Å²) in [5, 5.41) is 1.88. The average molecular weight is 307 g/mol. The van der Waals surface area contributed by atoms with E-state index in [1.807, 2.05) is 32.0 Å². The number of rotatable bonds is 4. The van der Waals surface area contributed by atoms with Crippen molar-refractivity contribution in [2.75, 3.05) is 0 Å². The molecule has 0 radical (unpaired) electrons. The maximum atomic E-state index is 6.15. The molecule has 0 aliphatic carbocycles. The van der Waals surface area contributed by atoms with E-state index in [4.69, 9.17) is 17.3 Å². The molecule has 0 fully saturated rings. The predicted octanol–water partition coefficient (Wildman–Crippen LogP) is 4.53. The standard InChI is InChI=1S/C16H19ClN2S/c1-10-7-11(2)19-15(8-10)20-16(12(3)18)13-5-4-6-14(17)9-13/h4-9,12,16H,18H2,1-3H3. The summed E-state index contributed by atoms with van der Waals surface area (Å²) < 4.78 is 0. The number of benzene rings is 1. The van der Waals surface area contributed by atoms with Crippen molar-refractivity contribution in [3.8, 4) is 0 Å². The Morgan fingerprint density at radius 3 is 2.55 bits per heavy atom. The first-order valence-corrected chi connectivity index (χ1v) is 7.84. The summed E-state index contributed by atoms with van der Waals surface area (Å²) in [6.45, 7) is 6.11. The lowest BCUT2D eigenvalue weighted by atomic mass is 10.1. The number of hydrogen-bond donors (Lipinski definition) is 1. The Kier molecular flexibility index (Phi) is 5.08. The molecule has 1 aromatic carbocycles. The second-order valence-electron chi connectivity index (χ2n) is 5.08. The zero-order valence-corrected chi connectivity index (χ0v) is 13.5. The highest BCUT2D eigenvalue weighted by atomic mass is 35.5. The maximum Gasteiger partial charge on any atom is 0.0972 e. The molecule has 1 aromatic heterocycles. The summed E-state index contributed by atoms with van der Waals surface area (Å²) in [6.07, 6.45) is 0. The van der Waals surface area contributed by atoms with Gasteiger partial charge in [-0.3, -0.25) is 0 Å². The largest absolute Gasteiger partial charge is 0.327 e. The minimum Gasteiger partial charge on any atom is -0.327 e. The van der Waals surface area contributed by atoms with Crippen LogP contribution in [0.4, 0.5) is 0 Å². The van der Waals surface area contributed by atoms with E-state index in [9.17, 15) is 0 Å². The monoisotopic (exact) mass is 306 g/mol. The van der Waals surface area contributed by atoms with E-state index < -0.39 is 0 Å². The topological polar surface area (TPSA) is 38.9 Å². The Balaban J connectivity index is 2.30. The number of nitrogens with two attached hydrogens (primary N) is 1. The van der Waals surface area contributed by atoms with Gasteiger partial charge in [0.05, 0.1) is 10.3 Å².